The van der Waals surface area contributed by atoms with Crippen LogP contribution in [0.3, 0.4) is 0 Å². The van der Waals surface area contributed by atoms with E-state index in [1.807, 2.05) is 19.9 Å². The van der Waals surface area contributed by atoms with Crippen LogP contribution >= 0.6 is 11.3 Å². The van der Waals surface area contributed by atoms with E-state index in [-0.39, 0.29) is 88.2 Å². The number of aromatic nitrogens is 3. The number of rotatable bonds is 9. The van der Waals surface area contributed by atoms with Crippen molar-refractivity contribution in [3.05, 3.63) is 58.8 Å². The van der Waals surface area contributed by atoms with Crippen LogP contribution in [0.5, 0.6) is 11.8 Å². The van der Waals surface area contributed by atoms with Crippen LogP contribution in [0, 0.1) is 28.9 Å². The number of nitrogens with zero attached hydrogens (tertiary/aromatic N) is 5. The molecular formula is C38H39F7N8O2S. The number of halogens is 7. The second kappa shape index (κ2) is 15.8. The summed E-state index contributed by atoms with van der Waals surface area (Å²) in [7, 11) is 1.76. The molecule has 1 aliphatic heterocycles. The van der Waals surface area contributed by atoms with E-state index in [0.717, 1.165) is 25.0 Å². The summed E-state index contributed by atoms with van der Waals surface area (Å²) in [6, 6.07) is 6.67. The first-order chi connectivity index (χ1) is 26.5. The Morgan fingerprint density at radius 2 is 1.89 bits per heavy atom. The van der Waals surface area contributed by atoms with Crippen LogP contribution in [0.1, 0.15) is 63.1 Å². The standard InChI is InChI=1S/C33H31F5N8O2S.C5H8F2/c1-4-6-20(42-3)15(2)48-32-44-26-23-27(47-12-11-46(31(23)45-32)14-16-7-5-10-43-29(16)40)24(33(36,37)38)22(25(26)35)17-8-9-19(34)28-21(17)18(13-39)30(41)49-28;1-4-2-5(6,7)3-4/h5,7-10,15,20,42H,4,6,11-12,14,41H2,1-3H3,(H2,40,43);4H,2-3H2,1H3. The van der Waals surface area contributed by atoms with Crippen LogP contribution in [-0.2, 0) is 12.7 Å². The third kappa shape index (κ3) is 7.79. The van der Waals surface area contributed by atoms with Crippen molar-refractivity contribution in [2.45, 2.75) is 77.2 Å². The van der Waals surface area contributed by atoms with Crippen molar-refractivity contribution in [3.8, 4) is 29.0 Å². The average Bonchev–Trinajstić information content (AvgIpc) is 3.37. The Hall–Kier alpha value is -5.15. The maximum Gasteiger partial charge on any atom is 0.420 e. The highest BCUT2D eigenvalue weighted by Crippen LogP contribution is 2.53. The monoisotopic (exact) mass is 804 g/mol. The first kappa shape index (κ1) is 40.5. The lowest BCUT2D eigenvalue weighted by atomic mass is 9.83. The molecule has 2 aromatic carbocycles. The van der Waals surface area contributed by atoms with E-state index in [0.29, 0.717) is 16.9 Å². The molecule has 7 rings (SSSR count). The Morgan fingerprint density at radius 3 is 2.48 bits per heavy atom. The number of nitrogens with one attached hydrogen (secondary N) is 1. The van der Waals surface area contributed by atoms with Crippen molar-refractivity contribution in [1.82, 2.24) is 20.3 Å². The highest BCUT2D eigenvalue weighted by Gasteiger charge is 2.44. The highest BCUT2D eigenvalue weighted by molar-refractivity contribution is 7.23. The van der Waals surface area contributed by atoms with Gasteiger partial charge in [0.2, 0.25) is 5.92 Å². The van der Waals surface area contributed by atoms with Gasteiger partial charge in [-0.15, -0.1) is 11.3 Å². The van der Waals surface area contributed by atoms with E-state index in [1.54, 1.807) is 31.0 Å². The zero-order valence-electron chi connectivity index (χ0n) is 30.8. The number of hydrogen-bond acceptors (Lipinski definition) is 11. The second-order valence-electron chi connectivity index (χ2n) is 13.9. The maximum atomic E-state index is 17.2. The Bertz CT molecular complexity index is 2310. The number of nitrogens with two attached hydrogens (primary N) is 2. The largest absolute Gasteiger partial charge is 0.490 e. The molecule has 0 spiro atoms. The van der Waals surface area contributed by atoms with Gasteiger partial charge in [0.25, 0.3) is 0 Å². The van der Waals surface area contributed by atoms with E-state index in [1.165, 1.54) is 6.20 Å². The number of thiophene rings is 1. The summed E-state index contributed by atoms with van der Waals surface area (Å²) in [5.74, 6) is -4.86. The molecule has 0 saturated heterocycles. The summed E-state index contributed by atoms with van der Waals surface area (Å²) in [5, 5.41) is 12.3. The predicted octanol–water partition coefficient (Wildman–Crippen LogP) is 8.85. The van der Waals surface area contributed by atoms with Gasteiger partial charge in [-0.3, -0.25) is 0 Å². The van der Waals surface area contributed by atoms with Gasteiger partial charge in [-0.1, -0.05) is 32.4 Å². The van der Waals surface area contributed by atoms with Crippen LogP contribution < -0.4 is 31.2 Å². The quantitative estimate of drug-likeness (QED) is 0.124. The molecule has 56 heavy (non-hydrogen) atoms. The molecule has 1 saturated carbocycles. The Morgan fingerprint density at radius 1 is 1.16 bits per heavy atom. The van der Waals surface area contributed by atoms with Gasteiger partial charge in [0, 0.05) is 48.1 Å². The topological polar surface area (TPSA) is 148 Å². The minimum absolute atomic E-state index is 0.0216. The van der Waals surface area contributed by atoms with Gasteiger partial charge < -0.3 is 31.2 Å². The summed E-state index contributed by atoms with van der Waals surface area (Å²) in [4.78, 5) is 14.6. The van der Waals surface area contributed by atoms with Crippen LogP contribution in [0.25, 0.3) is 32.1 Å². The minimum Gasteiger partial charge on any atom is -0.490 e. The summed E-state index contributed by atoms with van der Waals surface area (Å²) >= 11 is 0.681. The van der Waals surface area contributed by atoms with E-state index < -0.39 is 57.8 Å². The van der Waals surface area contributed by atoms with Crippen molar-refractivity contribution >= 4 is 49.0 Å². The molecule has 2 atom stereocenters. The normalized spacial score (nSPS) is 16.3. The van der Waals surface area contributed by atoms with Gasteiger partial charge in [-0.25, -0.2) is 22.5 Å². The number of ether oxygens (including phenoxy) is 2. The first-order valence-corrected chi connectivity index (χ1v) is 18.6. The van der Waals surface area contributed by atoms with Crippen molar-refractivity contribution in [3.63, 3.8) is 0 Å². The highest BCUT2D eigenvalue weighted by atomic mass is 32.1. The molecular weight excluding hydrogens is 766 g/mol. The lowest BCUT2D eigenvalue weighted by molar-refractivity contribution is -0.138. The molecule has 10 nitrogen and oxygen atoms in total. The molecule has 298 valence electrons. The van der Waals surface area contributed by atoms with Gasteiger partial charge in [0.15, 0.2) is 5.82 Å². The summed E-state index contributed by atoms with van der Waals surface area (Å²) < 4.78 is 113. The van der Waals surface area contributed by atoms with Crippen molar-refractivity contribution in [2.75, 3.05) is 36.6 Å². The van der Waals surface area contributed by atoms with Gasteiger partial charge in [0.05, 0.1) is 22.2 Å². The average molecular weight is 805 g/mol. The lowest BCUT2D eigenvalue weighted by Gasteiger charge is -2.31. The number of alkyl halides is 5. The Kier molecular flexibility index (Phi) is 11.4. The van der Waals surface area contributed by atoms with Crippen LogP contribution in [-0.4, -0.2) is 53.2 Å². The molecule has 0 amide bonds. The number of benzene rings is 2. The molecule has 5 N–H and O–H groups in total. The van der Waals surface area contributed by atoms with Gasteiger partial charge in [-0.05, 0) is 44.0 Å². The molecule has 4 heterocycles. The smallest absolute Gasteiger partial charge is 0.420 e. The molecule has 2 aliphatic rings. The number of pyridine rings is 1. The third-order valence-corrected chi connectivity index (χ3v) is 10.8. The number of nitriles is 1. The van der Waals surface area contributed by atoms with Gasteiger partial charge in [-0.2, -0.15) is 28.4 Å². The third-order valence-electron chi connectivity index (χ3n) is 9.80. The number of anilines is 3. The van der Waals surface area contributed by atoms with Crippen molar-refractivity contribution in [1.29, 1.82) is 5.26 Å². The molecule has 3 aromatic heterocycles. The summed E-state index contributed by atoms with van der Waals surface area (Å²) in [6.07, 6.45) is -2.46. The first-order valence-electron chi connectivity index (χ1n) is 17.8. The fourth-order valence-corrected chi connectivity index (χ4v) is 8.11. The molecule has 2 unspecified atom stereocenters. The molecule has 1 aliphatic carbocycles. The zero-order valence-corrected chi connectivity index (χ0v) is 31.6. The molecule has 0 radical (unpaired) electrons. The Labute approximate surface area is 321 Å². The van der Waals surface area contributed by atoms with Crippen LogP contribution in [0.2, 0.25) is 0 Å². The summed E-state index contributed by atoms with van der Waals surface area (Å²) in [5.41, 5.74) is 9.01. The number of fused-ring (bicyclic) bond motifs is 1. The number of hydrogen-bond donors (Lipinski definition) is 3. The van der Waals surface area contributed by atoms with Gasteiger partial charge in [0.1, 0.15) is 58.1 Å². The zero-order chi connectivity index (χ0) is 40.7. The summed E-state index contributed by atoms with van der Waals surface area (Å²) in [6.45, 7) is 5.42. The number of likely N-dealkylation sites (N-methyl/N-ethyl adjacent to an activating group) is 1. The fraction of sp³-hybridized carbons (Fsp3) is 0.421. The SMILES string of the molecule is CC1CC(F)(F)C1.CCCC(NC)C(C)Oc1nc2c3c(c(C(F)(F)F)c(-c4ccc(F)c5sc(N)c(C#N)c45)c(F)c3n1)OCCN2Cc1cccnc1N. The Balaban J connectivity index is 0.000000685. The van der Waals surface area contributed by atoms with Crippen LogP contribution in [0.4, 0.5) is 47.4 Å². The fourth-order valence-electron chi connectivity index (χ4n) is 7.16. The maximum absolute atomic E-state index is 17.2. The van der Waals surface area contributed by atoms with Crippen molar-refractivity contribution < 1.29 is 40.2 Å². The molecule has 18 heteroatoms. The van der Waals surface area contributed by atoms with Crippen LogP contribution in [0.15, 0.2) is 30.5 Å². The lowest BCUT2D eigenvalue weighted by Crippen LogP contribution is -2.39. The molecule has 0 bridgehead atoms. The van der Waals surface area contributed by atoms with E-state index in [2.05, 4.69) is 20.3 Å². The predicted molar refractivity (Wildman–Crippen MR) is 201 cm³/mol. The van der Waals surface area contributed by atoms with E-state index >= 15 is 17.6 Å². The van der Waals surface area contributed by atoms with E-state index in [9.17, 15) is 18.4 Å². The number of nitrogen functional groups attached to an aromatic ring is 2. The van der Waals surface area contributed by atoms with Gasteiger partial charge >= 0.3 is 12.2 Å². The van der Waals surface area contributed by atoms with E-state index in [4.69, 9.17) is 20.9 Å². The molecule has 5 aromatic rings. The minimum atomic E-state index is -5.20. The molecule has 1 fully saturated rings. The second-order valence-corrected chi connectivity index (χ2v) is 14.9. The van der Waals surface area contributed by atoms with Crippen molar-refractivity contribution in [2.24, 2.45) is 5.92 Å².